The van der Waals surface area contributed by atoms with Crippen molar-refractivity contribution in [1.29, 1.82) is 5.41 Å². The molecule has 0 saturated heterocycles. The Balaban J connectivity index is 1.52. The zero-order valence-electron chi connectivity index (χ0n) is 21.3. The summed E-state index contributed by atoms with van der Waals surface area (Å²) in [4.78, 5) is 21.7. The van der Waals surface area contributed by atoms with Gasteiger partial charge in [0.15, 0.2) is 12.4 Å². The van der Waals surface area contributed by atoms with Crippen LogP contribution in [-0.2, 0) is 22.7 Å². The fourth-order valence-electron chi connectivity index (χ4n) is 3.68. The van der Waals surface area contributed by atoms with Crippen molar-refractivity contribution >= 4 is 29.2 Å². The fraction of sp³-hybridized carbons (Fsp3) is 0.286. The summed E-state index contributed by atoms with van der Waals surface area (Å²) >= 11 is 0. The maximum atomic E-state index is 12.2. The van der Waals surface area contributed by atoms with Crippen molar-refractivity contribution in [1.82, 2.24) is 15.3 Å². The number of carbonyl (C=O) groups is 1. The lowest BCUT2D eigenvalue weighted by molar-refractivity contribution is -0.123. The summed E-state index contributed by atoms with van der Waals surface area (Å²) in [6.07, 6.45) is 2.63. The normalized spacial score (nSPS) is 13.1. The summed E-state index contributed by atoms with van der Waals surface area (Å²) in [5, 5.41) is 13.7. The topological polar surface area (TPSA) is 135 Å². The molecule has 1 aliphatic rings. The standard InChI is InChI=1S/C28H32N6O3/c1-28(2,3)17-31-25(35)16-37-22-6-4-5-19(11-22)26-33-24-15-36-14-23(24)27(34-26)32-21-9-7-18(8-10-21)20(12-29)13-30/h4-13,29H,14-17,30H2,1-3H3,(H,31,35)(H,32,33,34)/b20-13+,29-12?. The summed E-state index contributed by atoms with van der Waals surface area (Å²) in [6, 6.07) is 15.0. The number of fused-ring (bicyclic) bond motifs is 1. The number of amides is 1. The molecular formula is C28H32N6O3. The van der Waals surface area contributed by atoms with Crippen LogP contribution < -0.4 is 21.1 Å². The van der Waals surface area contributed by atoms with Crippen LogP contribution in [0.2, 0.25) is 0 Å². The van der Waals surface area contributed by atoms with Crippen LogP contribution >= 0.6 is 0 Å². The molecule has 0 aliphatic carbocycles. The Morgan fingerprint density at radius 3 is 2.65 bits per heavy atom. The molecule has 0 bridgehead atoms. The number of nitrogens with one attached hydrogen (secondary N) is 3. The van der Waals surface area contributed by atoms with E-state index in [9.17, 15) is 4.79 Å². The van der Waals surface area contributed by atoms with Gasteiger partial charge in [-0.15, -0.1) is 0 Å². The lowest BCUT2D eigenvalue weighted by Crippen LogP contribution is -2.35. The highest BCUT2D eigenvalue weighted by Gasteiger charge is 2.21. The summed E-state index contributed by atoms with van der Waals surface area (Å²) in [5.41, 5.74) is 10.4. The van der Waals surface area contributed by atoms with Crippen molar-refractivity contribution in [2.75, 3.05) is 18.5 Å². The van der Waals surface area contributed by atoms with Crippen LogP contribution in [0.5, 0.6) is 5.75 Å². The third kappa shape index (κ3) is 6.71. The Morgan fingerprint density at radius 2 is 1.95 bits per heavy atom. The number of allylic oxidation sites excluding steroid dienone is 1. The third-order valence-electron chi connectivity index (χ3n) is 5.67. The minimum Gasteiger partial charge on any atom is -0.484 e. The van der Waals surface area contributed by atoms with E-state index in [0.717, 1.165) is 28.1 Å². The summed E-state index contributed by atoms with van der Waals surface area (Å²) < 4.78 is 11.4. The van der Waals surface area contributed by atoms with Gasteiger partial charge in [-0.3, -0.25) is 4.79 Å². The first-order valence-electron chi connectivity index (χ1n) is 12.0. The minimum atomic E-state index is -0.168. The Morgan fingerprint density at radius 1 is 1.16 bits per heavy atom. The SMILES string of the molecule is CC(C)(C)CNC(=O)COc1cccc(-c2nc3c(c(Nc4ccc(/C(C=N)=C/N)cc4)n2)COC3)c1. The zero-order valence-corrected chi connectivity index (χ0v) is 21.3. The van der Waals surface area contributed by atoms with Crippen LogP contribution in [0.1, 0.15) is 37.6 Å². The molecule has 192 valence electrons. The van der Waals surface area contributed by atoms with Crippen LogP contribution in [0.4, 0.5) is 11.5 Å². The van der Waals surface area contributed by atoms with Gasteiger partial charge in [-0.05, 0) is 35.2 Å². The molecule has 1 aromatic heterocycles. The molecule has 0 spiro atoms. The van der Waals surface area contributed by atoms with Gasteiger partial charge in [0, 0.05) is 41.3 Å². The Labute approximate surface area is 216 Å². The first kappa shape index (κ1) is 25.8. The maximum Gasteiger partial charge on any atom is 0.257 e. The average Bonchev–Trinajstić information content (AvgIpc) is 3.37. The number of nitrogens with two attached hydrogens (primary N) is 1. The highest BCUT2D eigenvalue weighted by Crippen LogP contribution is 2.31. The van der Waals surface area contributed by atoms with Gasteiger partial charge in [0.25, 0.3) is 5.91 Å². The van der Waals surface area contributed by atoms with Crippen molar-refractivity contribution in [2.24, 2.45) is 11.1 Å². The number of aromatic nitrogens is 2. The Hall–Kier alpha value is -4.24. The molecule has 9 nitrogen and oxygen atoms in total. The van der Waals surface area contributed by atoms with E-state index in [1.807, 2.05) is 42.5 Å². The molecule has 0 atom stereocenters. The predicted octanol–water partition coefficient (Wildman–Crippen LogP) is 4.41. The molecule has 5 N–H and O–H groups in total. The molecule has 0 fully saturated rings. The van der Waals surface area contributed by atoms with Gasteiger partial charge in [-0.2, -0.15) is 0 Å². The van der Waals surface area contributed by atoms with E-state index in [4.69, 9.17) is 30.6 Å². The van der Waals surface area contributed by atoms with E-state index in [-0.39, 0.29) is 17.9 Å². The van der Waals surface area contributed by atoms with Crippen molar-refractivity contribution in [2.45, 2.75) is 34.0 Å². The number of benzene rings is 2. The molecule has 1 aliphatic heterocycles. The fourth-order valence-corrected chi connectivity index (χ4v) is 3.68. The number of anilines is 2. The van der Waals surface area contributed by atoms with E-state index in [1.165, 1.54) is 12.4 Å². The van der Waals surface area contributed by atoms with Crippen LogP contribution in [0.25, 0.3) is 17.0 Å². The second-order valence-corrected chi connectivity index (χ2v) is 9.94. The van der Waals surface area contributed by atoms with Crippen molar-refractivity contribution in [3.8, 4) is 17.1 Å². The average molecular weight is 501 g/mol. The van der Waals surface area contributed by atoms with Gasteiger partial charge in [0.2, 0.25) is 0 Å². The van der Waals surface area contributed by atoms with E-state index in [2.05, 4.69) is 31.4 Å². The van der Waals surface area contributed by atoms with E-state index in [0.29, 0.717) is 42.7 Å². The number of hydrogen-bond donors (Lipinski definition) is 4. The smallest absolute Gasteiger partial charge is 0.257 e. The van der Waals surface area contributed by atoms with Crippen molar-refractivity contribution in [3.63, 3.8) is 0 Å². The monoisotopic (exact) mass is 500 g/mol. The van der Waals surface area contributed by atoms with E-state index < -0.39 is 0 Å². The second-order valence-electron chi connectivity index (χ2n) is 9.94. The van der Waals surface area contributed by atoms with Crippen LogP contribution in [-0.4, -0.2) is 35.2 Å². The van der Waals surface area contributed by atoms with Gasteiger partial charge in [0.1, 0.15) is 11.6 Å². The molecule has 0 saturated carbocycles. The first-order valence-corrected chi connectivity index (χ1v) is 12.0. The third-order valence-corrected chi connectivity index (χ3v) is 5.67. The van der Waals surface area contributed by atoms with Gasteiger partial charge < -0.3 is 31.3 Å². The van der Waals surface area contributed by atoms with Crippen LogP contribution in [0.3, 0.4) is 0 Å². The molecular weight excluding hydrogens is 468 g/mol. The molecule has 2 heterocycles. The molecule has 1 amide bonds. The lowest BCUT2D eigenvalue weighted by atomic mass is 9.97. The zero-order chi connectivity index (χ0) is 26.4. The predicted molar refractivity (Wildman–Crippen MR) is 145 cm³/mol. The molecule has 0 unspecified atom stereocenters. The van der Waals surface area contributed by atoms with Crippen molar-refractivity contribution in [3.05, 3.63) is 71.6 Å². The first-order chi connectivity index (χ1) is 17.8. The van der Waals surface area contributed by atoms with E-state index in [1.54, 1.807) is 6.07 Å². The highest BCUT2D eigenvalue weighted by atomic mass is 16.5. The maximum absolute atomic E-state index is 12.2. The Kier molecular flexibility index (Phi) is 7.83. The molecule has 9 heteroatoms. The number of rotatable bonds is 9. The summed E-state index contributed by atoms with van der Waals surface area (Å²) in [5.74, 6) is 1.59. The molecule has 2 aromatic carbocycles. The van der Waals surface area contributed by atoms with E-state index >= 15 is 0 Å². The molecule has 0 radical (unpaired) electrons. The van der Waals surface area contributed by atoms with Crippen LogP contribution in [0.15, 0.2) is 54.7 Å². The number of carbonyl (C=O) groups excluding carboxylic acids is 1. The Bertz CT molecular complexity index is 1310. The second kappa shape index (κ2) is 11.2. The number of ether oxygens (including phenoxy) is 2. The lowest BCUT2D eigenvalue weighted by Gasteiger charge is -2.18. The highest BCUT2D eigenvalue weighted by molar-refractivity contribution is 6.08. The molecule has 37 heavy (non-hydrogen) atoms. The summed E-state index contributed by atoms with van der Waals surface area (Å²) in [7, 11) is 0. The van der Waals surface area contributed by atoms with Gasteiger partial charge in [-0.25, -0.2) is 9.97 Å². The van der Waals surface area contributed by atoms with Crippen LogP contribution in [0, 0.1) is 10.8 Å². The number of nitrogens with zero attached hydrogens (tertiary/aromatic N) is 2. The quantitative estimate of drug-likeness (QED) is 0.320. The van der Waals surface area contributed by atoms with Gasteiger partial charge in [0.05, 0.1) is 18.9 Å². The van der Waals surface area contributed by atoms with Gasteiger partial charge >= 0.3 is 0 Å². The summed E-state index contributed by atoms with van der Waals surface area (Å²) in [6.45, 7) is 7.52. The van der Waals surface area contributed by atoms with Gasteiger partial charge in [-0.1, -0.05) is 45.0 Å². The molecule has 4 rings (SSSR count). The largest absolute Gasteiger partial charge is 0.484 e. The van der Waals surface area contributed by atoms with Crippen molar-refractivity contribution < 1.29 is 14.3 Å². The minimum absolute atomic E-state index is 0.00296. The molecule has 3 aromatic rings. The number of hydrogen-bond acceptors (Lipinski definition) is 8.